The highest BCUT2D eigenvalue weighted by atomic mass is 16.5. The molecule has 2 aromatic rings. The van der Waals surface area contributed by atoms with Crippen LogP contribution in [0.4, 0.5) is 5.69 Å². The number of aromatic nitrogens is 1. The maximum atomic E-state index is 12.2. The molecule has 1 amide bonds. The third-order valence-electron chi connectivity index (χ3n) is 3.16. The Morgan fingerprint density at radius 3 is 2.90 bits per heavy atom. The summed E-state index contributed by atoms with van der Waals surface area (Å²) in [5, 5.41) is 3.77. The molecule has 1 aromatic carbocycles. The Morgan fingerprint density at radius 1 is 1.45 bits per heavy atom. The summed E-state index contributed by atoms with van der Waals surface area (Å²) in [6.45, 7) is 6.92. The Kier molecular flexibility index (Phi) is 3.99. The van der Waals surface area contributed by atoms with Crippen molar-refractivity contribution in [1.29, 1.82) is 0 Å². The zero-order chi connectivity index (χ0) is 14.8. The minimum Gasteiger partial charge on any atom is -0.399 e. The summed E-state index contributed by atoms with van der Waals surface area (Å²) in [7, 11) is 0. The topological polar surface area (TPSA) is 80.1 Å². The first-order valence-electron chi connectivity index (χ1n) is 6.72. The number of ether oxygens (including phenoxy) is 1. The molecule has 1 heterocycles. The average Bonchev–Trinajstić information content (AvgIpc) is 2.79. The molecule has 0 saturated heterocycles. The predicted molar refractivity (Wildman–Crippen MR) is 80.7 cm³/mol. The molecule has 2 rings (SSSR count). The molecule has 0 atom stereocenters. The number of nitrogen functional groups attached to an aromatic ring is 1. The highest BCUT2D eigenvalue weighted by Crippen LogP contribution is 2.20. The lowest BCUT2D eigenvalue weighted by Crippen LogP contribution is -2.40. The molecule has 1 aromatic heterocycles. The fourth-order valence-corrected chi connectivity index (χ4v) is 2.16. The Balaban J connectivity index is 2.12. The molecule has 5 heteroatoms. The average molecular weight is 275 g/mol. The van der Waals surface area contributed by atoms with Crippen LogP contribution in [0.5, 0.6) is 0 Å². The van der Waals surface area contributed by atoms with E-state index in [2.05, 4.69) is 10.3 Å². The molecule has 0 radical (unpaired) electrons. The Morgan fingerprint density at radius 2 is 2.20 bits per heavy atom. The lowest BCUT2D eigenvalue weighted by atomic mass is 10.1. The normalized spacial score (nSPS) is 11.8. The van der Waals surface area contributed by atoms with E-state index in [9.17, 15) is 4.79 Å². The first-order chi connectivity index (χ1) is 9.43. The van der Waals surface area contributed by atoms with Gasteiger partial charge in [-0.15, -0.1) is 0 Å². The molecule has 0 spiro atoms. The van der Waals surface area contributed by atoms with Gasteiger partial charge in [-0.25, -0.2) is 0 Å². The van der Waals surface area contributed by atoms with Gasteiger partial charge in [0.15, 0.2) is 0 Å². The van der Waals surface area contributed by atoms with E-state index in [0.29, 0.717) is 24.4 Å². The summed E-state index contributed by atoms with van der Waals surface area (Å²) in [6, 6.07) is 5.46. The molecular formula is C15H21N3O2. The van der Waals surface area contributed by atoms with Gasteiger partial charge in [-0.3, -0.25) is 4.79 Å². The summed E-state index contributed by atoms with van der Waals surface area (Å²) in [4.78, 5) is 15.3. The van der Waals surface area contributed by atoms with E-state index in [0.717, 1.165) is 10.9 Å². The number of anilines is 1. The van der Waals surface area contributed by atoms with E-state index in [1.165, 1.54) is 0 Å². The van der Waals surface area contributed by atoms with Crippen molar-refractivity contribution in [3.05, 3.63) is 30.0 Å². The molecule has 0 aliphatic carbocycles. The number of nitrogens with two attached hydrogens (primary N) is 1. The molecule has 0 aliphatic heterocycles. The van der Waals surface area contributed by atoms with Crippen molar-refractivity contribution in [1.82, 2.24) is 10.3 Å². The van der Waals surface area contributed by atoms with E-state index < -0.39 is 0 Å². The number of nitrogens with one attached hydrogen (secondary N) is 2. The Bertz CT molecular complexity index is 617. The Hall–Kier alpha value is -2.01. The SMILES string of the molecule is CCOC(C)(C)CNC(=O)c1c[nH]c2cc(N)ccc12. The molecule has 0 bridgehead atoms. The van der Waals surface area contributed by atoms with Crippen LogP contribution in [-0.2, 0) is 4.74 Å². The number of carbonyl (C=O) groups is 1. The van der Waals surface area contributed by atoms with Gasteiger partial charge in [0.1, 0.15) is 0 Å². The highest BCUT2D eigenvalue weighted by molar-refractivity contribution is 6.07. The number of amides is 1. The van der Waals surface area contributed by atoms with E-state index in [1.54, 1.807) is 12.3 Å². The van der Waals surface area contributed by atoms with E-state index in [1.807, 2.05) is 32.9 Å². The van der Waals surface area contributed by atoms with Crippen LogP contribution in [-0.4, -0.2) is 29.6 Å². The zero-order valence-corrected chi connectivity index (χ0v) is 12.1. The van der Waals surface area contributed by atoms with Gasteiger partial charge in [-0.2, -0.15) is 0 Å². The van der Waals surface area contributed by atoms with Crippen LogP contribution in [0.3, 0.4) is 0 Å². The van der Waals surface area contributed by atoms with E-state index >= 15 is 0 Å². The van der Waals surface area contributed by atoms with Gasteiger partial charge in [0.05, 0.1) is 11.2 Å². The summed E-state index contributed by atoms with van der Waals surface area (Å²) in [5.41, 5.74) is 7.50. The van der Waals surface area contributed by atoms with Crippen molar-refractivity contribution in [2.24, 2.45) is 0 Å². The van der Waals surface area contributed by atoms with Crippen molar-refractivity contribution < 1.29 is 9.53 Å². The van der Waals surface area contributed by atoms with Gasteiger partial charge in [-0.1, -0.05) is 0 Å². The van der Waals surface area contributed by atoms with Crippen LogP contribution in [0.15, 0.2) is 24.4 Å². The largest absolute Gasteiger partial charge is 0.399 e. The monoisotopic (exact) mass is 275 g/mol. The van der Waals surface area contributed by atoms with Crippen molar-refractivity contribution in [2.75, 3.05) is 18.9 Å². The predicted octanol–water partition coefficient (Wildman–Crippen LogP) is 2.29. The van der Waals surface area contributed by atoms with Crippen LogP contribution < -0.4 is 11.1 Å². The summed E-state index contributed by atoms with van der Waals surface area (Å²) < 4.78 is 5.56. The minimum absolute atomic E-state index is 0.117. The first-order valence-corrected chi connectivity index (χ1v) is 6.72. The van der Waals surface area contributed by atoms with Crippen LogP contribution in [0.1, 0.15) is 31.1 Å². The number of benzene rings is 1. The Labute approximate surface area is 118 Å². The fourth-order valence-electron chi connectivity index (χ4n) is 2.16. The molecule has 0 fully saturated rings. The first kappa shape index (κ1) is 14.4. The van der Waals surface area contributed by atoms with Crippen molar-refractivity contribution in [3.8, 4) is 0 Å². The van der Waals surface area contributed by atoms with Crippen molar-refractivity contribution in [2.45, 2.75) is 26.4 Å². The second kappa shape index (κ2) is 5.54. The number of hydrogen-bond acceptors (Lipinski definition) is 3. The number of hydrogen-bond donors (Lipinski definition) is 3. The van der Waals surface area contributed by atoms with Crippen LogP contribution in [0.2, 0.25) is 0 Å². The number of aromatic amines is 1. The van der Waals surface area contributed by atoms with Gasteiger partial charge < -0.3 is 20.8 Å². The van der Waals surface area contributed by atoms with Gasteiger partial charge in [-0.05, 0) is 39.0 Å². The van der Waals surface area contributed by atoms with Gasteiger partial charge >= 0.3 is 0 Å². The number of rotatable bonds is 5. The maximum absolute atomic E-state index is 12.2. The van der Waals surface area contributed by atoms with Gasteiger partial charge in [0, 0.05) is 35.9 Å². The minimum atomic E-state index is -0.374. The molecule has 20 heavy (non-hydrogen) atoms. The number of fused-ring (bicyclic) bond motifs is 1. The summed E-state index contributed by atoms with van der Waals surface area (Å²) in [6.07, 6.45) is 1.70. The molecule has 108 valence electrons. The number of carbonyl (C=O) groups excluding carboxylic acids is 1. The van der Waals surface area contributed by atoms with Crippen LogP contribution >= 0.6 is 0 Å². The third-order valence-corrected chi connectivity index (χ3v) is 3.16. The second-order valence-electron chi connectivity index (χ2n) is 5.38. The maximum Gasteiger partial charge on any atom is 0.253 e. The molecule has 5 nitrogen and oxygen atoms in total. The molecular weight excluding hydrogens is 254 g/mol. The highest BCUT2D eigenvalue weighted by Gasteiger charge is 2.20. The summed E-state index contributed by atoms with van der Waals surface area (Å²) in [5.74, 6) is -0.117. The van der Waals surface area contributed by atoms with Crippen molar-refractivity contribution in [3.63, 3.8) is 0 Å². The standard InChI is InChI=1S/C15H21N3O2/c1-4-20-15(2,3)9-18-14(19)12-8-17-13-7-10(16)5-6-11(12)13/h5-8,17H,4,9,16H2,1-3H3,(H,18,19). The van der Waals surface area contributed by atoms with Crippen molar-refractivity contribution >= 4 is 22.5 Å². The van der Waals surface area contributed by atoms with Gasteiger partial charge in [0.25, 0.3) is 5.91 Å². The molecule has 4 N–H and O–H groups in total. The lowest BCUT2D eigenvalue weighted by molar-refractivity contribution is -0.00814. The quantitative estimate of drug-likeness (QED) is 0.732. The second-order valence-corrected chi connectivity index (χ2v) is 5.38. The fraction of sp³-hybridized carbons (Fsp3) is 0.400. The van der Waals surface area contributed by atoms with Gasteiger partial charge in [0.2, 0.25) is 0 Å². The zero-order valence-electron chi connectivity index (χ0n) is 12.1. The smallest absolute Gasteiger partial charge is 0.253 e. The van der Waals surface area contributed by atoms with Crippen LogP contribution in [0.25, 0.3) is 10.9 Å². The summed E-state index contributed by atoms with van der Waals surface area (Å²) >= 11 is 0. The molecule has 0 unspecified atom stereocenters. The van der Waals surface area contributed by atoms with Crippen LogP contribution in [0, 0.1) is 0 Å². The molecule has 0 saturated carbocycles. The lowest BCUT2D eigenvalue weighted by Gasteiger charge is -2.24. The third kappa shape index (κ3) is 3.11. The van der Waals surface area contributed by atoms with E-state index in [4.69, 9.17) is 10.5 Å². The van der Waals surface area contributed by atoms with E-state index in [-0.39, 0.29) is 11.5 Å². The molecule has 0 aliphatic rings. The number of H-pyrrole nitrogens is 1.